The fourth-order valence-corrected chi connectivity index (χ4v) is 1.99. The van der Waals surface area contributed by atoms with E-state index in [4.69, 9.17) is 10.5 Å². The molecule has 0 aliphatic heterocycles. The normalized spacial score (nSPS) is 13.9. The van der Waals surface area contributed by atoms with Crippen molar-refractivity contribution in [2.45, 2.75) is 32.4 Å². The molecule has 112 valence electrons. The van der Waals surface area contributed by atoms with Crippen LogP contribution >= 0.6 is 0 Å². The molecule has 1 aromatic carbocycles. The van der Waals surface area contributed by atoms with Gasteiger partial charge in [0.25, 0.3) is 0 Å². The number of aliphatic hydroxyl groups excluding tert-OH is 1. The molecule has 0 aliphatic rings. The fourth-order valence-electron chi connectivity index (χ4n) is 1.99. The van der Waals surface area contributed by atoms with Gasteiger partial charge in [-0.25, -0.2) is 0 Å². The summed E-state index contributed by atoms with van der Waals surface area (Å²) in [5.74, 6) is 0.711. The molecule has 1 unspecified atom stereocenters. The number of ether oxygens (including phenoxy) is 1. The van der Waals surface area contributed by atoms with Gasteiger partial charge in [0.2, 0.25) is 5.91 Å². The van der Waals surface area contributed by atoms with E-state index in [1.54, 1.807) is 19.2 Å². The predicted molar refractivity (Wildman–Crippen MR) is 78.4 cm³/mol. The Morgan fingerprint density at radius 1 is 1.40 bits per heavy atom. The third kappa shape index (κ3) is 4.83. The number of benzene rings is 1. The third-order valence-electron chi connectivity index (χ3n) is 3.03. The Labute approximate surface area is 120 Å². The molecule has 0 heterocycles. The number of aliphatic hydroxyl groups is 1. The maximum atomic E-state index is 11.8. The van der Waals surface area contributed by atoms with Crippen LogP contribution < -0.4 is 15.8 Å². The lowest BCUT2D eigenvalue weighted by molar-refractivity contribution is -0.123. The second-order valence-electron chi connectivity index (χ2n) is 5.24. The summed E-state index contributed by atoms with van der Waals surface area (Å²) in [6.45, 7) is 4.14. The third-order valence-corrected chi connectivity index (χ3v) is 3.03. The first-order chi connectivity index (χ1) is 9.45. The number of hydrogen-bond acceptors (Lipinski definition) is 4. The van der Waals surface area contributed by atoms with Gasteiger partial charge in [0.15, 0.2) is 0 Å². The number of carbonyl (C=O) groups is 1. The first kappa shape index (κ1) is 16.5. The van der Waals surface area contributed by atoms with E-state index in [-0.39, 0.29) is 12.5 Å². The molecule has 0 fully saturated rings. The molecule has 0 saturated carbocycles. The maximum Gasteiger partial charge on any atom is 0.237 e. The van der Waals surface area contributed by atoms with Gasteiger partial charge >= 0.3 is 0 Å². The summed E-state index contributed by atoms with van der Waals surface area (Å²) in [6, 6.07) is 6.63. The molecule has 0 aliphatic carbocycles. The lowest BCUT2D eigenvalue weighted by Gasteiger charge is -2.18. The lowest BCUT2D eigenvalue weighted by atomic mass is 10.0. The van der Waals surface area contributed by atoms with Crippen molar-refractivity contribution in [3.63, 3.8) is 0 Å². The molecule has 2 atom stereocenters. The highest BCUT2D eigenvalue weighted by Gasteiger charge is 2.18. The topological polar surface area (TPSA) is 84.6 Å². The number of rotatable bonds is 7. The predicted octanol–water partition coefficient (Wildman–Crippen LogP) is 1.22. The zero-order chi connectivity index (χ0) is 15.1. The molecule has 0 saturated heterocycles. The molecule has 4 N–H and O–H groups in total. The Morgan fingerprint density at radius 3 is 2.65 bits per heavy atom. The standard InChI is InChI=1S/C15H24N2O3/c1-10(2)8-12(16)15(19)17-9-13(18)11-6-4-5-7-14(11)20-3/h4-7,10,12-13,18H,8-9,16H2,1-3H3,(H,17,19)/t12-,13?/m0/s1. The van der Waals surface area contributed by atoms with Gasteiger partial charge in [0.1, 0.15) is 5.75 Å². The van der Waals surface area contributed by atoms with Crippen LogP contribution in [0.15, 0.2) is 24.3 Å². The van der Waals surface area contributed by atoms with Crippen LogP contribution in [0, 0.1) is 5.92 Å². The molecule has 5 nitrogen and oxygen atoms in total. The lowest BCUT2D eigenvalue weighted by Crippen LogP contribution is -2.42. The van der Waals surface area contributed by atoms with E-state index in [0.717, 1.165) is 0 Å². The van der Waals surface area contributed by atoms with E-state index in [1.807, 2.05) is 26.0 Å². The zero-order valence-electron chi connectivity index (χ0n) is 12.3. The van der Waals surface area contributed by atoms with E-state index in [9.17, 15) is 9.90 Å². The van der Waals surface area contributed by atoms with E-state index in [1.165, 1.54) is 0 Å². The van der Waals surface area contributed by atoms with Gasteiger partial charge in [-0.1, -0.05) is 32.0 Å². The van der Waals surface area contributed by atoms with E-state index >= 15 is 0 Å². The largest absolute Gasteiger partial charge is 0.496 e. The molecule has 0 spiro atoms. The minimum Gasteiger partial charge on any atom is -0.496 e. The second-order valence-corrected chi connectivity index (χ2v) is 5.24. The summed E-state index contributed by atoms with van der Waals surface area (Å²) in [5.41, 5.74) is 6.43. The zero-order valence-corrected chi connectivity index (χ0v) is 12.3. The van der Waals surface area contributed by atoms with Crippen LogP contribution in [0.2, 0.25) is 0 Å². The summed E-state index contributed by atoms with van der Waals surface area (Å²) >= 11 is 0. The van der Waals surface area contributed by atoms with Crippen LogP contribution in [0.5, 0.6) is 5.75 Å². The average molecular weight is 280 g/mol. The van der Waals surface area contributed by atoms with Crippen molar-refractivity contribution in [1.29, 1.82) is 0 Å². The molecule has 1 amide bonds. The molecular formula is C15H24N2O3. The molecule has 1 rings (SSSR count). The van der Waals surface area contributed by atoms with Gasteiger partial charge in [-0.3, -0.25) is 4.79 Å². The molecule has 0 aromatic heterocycles. The van der Waals surface area contributed by atoms with Crippen LogP contribution in [-0.2, 0) is 4.79 Å². The number of methoxy groups -OCH3 is 1. The van der Waals surface area contributed by atoms with Crippen molar-refractivity contribution < 1.29 is 14.6 Å². The number of nitrogens with one attached hydrogen (secondary N) is 1. The van der Waals surface area contributed by atoms with Crippen LogP contribution in [0.3, 0.4) is 0 Å². The van der Waals surface area contributed by atoms with Gasteiger partial charge in [-0.05, 0) is 18.4 Å². The van der Waals surface area contributed by atoms with Gasteiger partial charge in [0.05, 0.1) is 19.3 Å². The Bertz CT molecular complexity index is 435. The first-order valence-corrected chi connectivity index (χ1v) is 6.80. The van der Waals surface area contributed by atoms with Crippen molar-refractivity contribution in [2.75, 3.05) is 13.7 Å². The maximum absolute atomic E-state index is 11.8. The summed E-state index contributed by atoms with van der Waals surface area (Å²) in [5, 5.41) is 12.8. The highest BCUT2D eigenvalue weighted by atomic mass is 16.5. The molecule has 20 heavy (non-hydrogen) atoms. The highest BCUT2D eigenvalue weighted by molar-refractivity contribution is 5.81. The summed E-state index contributed by atoms with van der Waals surface area (Å²) in [7, 11) is 1.54. The smallest absolute Gasteiger partial charge is 0.237 e. The quantitative estimate of drug-likeness (QED) is 0.701. The van der Waals surface area contributed by atoms with Crippen LogP contribution in [0.1, 0.15) is 31.9 Å². The van der Waals surface area contributed by atoms with E-state index in [0.29, 0.717) is 23.7 Å². The summed E-state index contributed by atoms with van der Waals surface area (Å²) in [4.78, 5) is 11.8. The Kier molecular flexibility index (Phi) is 6.48. The van der Waals surface area contributed by atoms with Crippen molar-refractivity contribution in [3.8, 4) is 5.75 Å². The van der Waals surface area contributed by atoms with E-state index in [2.05, 4.69) is 5.32 Å². The molecule has 0 radical (unpaired) electrons. The summed E-state index contributed by atoms with van der Waals surface area (Å²) < 4.78 is 5.18. The van der Waals surface area contributed by atoms with Gasteiger partial charge in [-0.15, -0.1) is 0 Å². The molecule has 0 bridgehead atoms. The SMILES string of the molecule is COc1ccccc1C(O)CNC(=O)[C@@H](N)CC(C)C. The van der Waals surface area contributed by atoms with Crippen LogP contribution in [0.4, 0.5) is 0 Å². The Morgan fingerprint density at radius 2 is 2.05 bits per heavy atom. The molecule has 5 heteroatoms. The van der Waals surface area contributed by atoms with Crippen molar-refractivity contribution in [1.82, 2.24) is 5.32 Å². The van der Waals surface area contributed by atoms with Crippen LogP contribution in [-0.4, -0.2) is 30.7 Å². The Balaban J connectivity index is 2.54. The Hall–Kier alpha value is -1.59. The minimum atomic E-state index is -0.818. The van der Waals surface area contributed by atoms with Crippen LogP contribution in [0.25, 0.3) is 0 Å². The summed E-state index contributed by atoms with van der Waals surface area (Å²) in [6.07, 6.45) is -0.197. The van der Waals surface area contributed by atoms with E-state index < -0.39 is 12.1 Å². The van der Waals surface area contributed by atoms with Gasteiger partial charge in [0, 0.05) is 12.1 Å². The van der Waals surface area contributed by atoms with Gasteiger partial charge < -0.3 is 20.9 Å². The van der Waals surface area contributed by atoms with Gasteiger partial charge in [-0.2, -0.15) is 0 Å². The number of carbonyl (C=O) groups excluding carboxylic acids is 1. The number of hydrogen-bond donors (Lipinski definition) is 3. The van der Waals surface area contributed by atoms with Crippen molar-refractivity contribution in [3.05, 3.63) is 29.8 Å². The minimum absolute atomic E-state index is 0.116. The molecule has 1 aromatic rings. The molecular weight excluding hydrogens is 256 g/mol. The first-order valence-electron chi connectivity index (χ1n) is 6.80. The average Bonchev–Trinajstić information content (AvgIpc) is 2.43. The number of amides is 1. The van der Waals surface area contributed by atoms with Crippen molar-refractivity contribution >= 4 is 5.91 Å². The fraction of sp³-hybridized carbons (Fsp3) is 0.533. The van der Waals surface area contributed by atoms with Crippen molar-refractivity contribution in [2.24, 2.45) is 11.7 Å². The number of nitrogens with two attached hydrogens (primary N) is 1. The number of para-hydroxylation sites is 1. The second kappa shape index (κ2) is 7.87. The monoisotopic (exact) mass is 280 g/mol. The highest BCUT2D eigenvalue weighted by Crippen LogP contribution is 2.23.